The zero-order valence-corrected chi connectivity index (χ0v) is 17.2. The van der Waals surface area contributed by atoms with Crippen LogP contribution in [0.2, 0.25) is 0 Å². The van der Waals surface area contributed by atoms with Crippen LogP contribution in [0.5, 0.6) is 0 Å². The molecule has 1 aliphatic carbocycles. The summed E-state index contributed by atoms with van der Waals surface area (Å²) in [5, 5.41) is 4.88. The van der Waals surface area contributed by atoms with E-state index in [1.165, 1.54) is 17.7 Å². The Morgan fingerprint density at radius 1 is 1.25 bits per heavy atom. The van der Waals surface area contributed by atoms with Crippen molar-refractivity contribution in [2.24, 2.45) is 0 Å². The van der Waals surface area contributed by atoms with Gasteiger partial charge in [0.05, 0.1) is 0 Å². The Hall–Kier alpha value is -1.10. The molecule has 3 aromatic heterocycles. The van der Waals surface area contributed by atoms with Gasteiger partial charge in [0, 0.05) is 62.2 Å². The number of aromatic nitrogens is 3. The van der Waals surface area contributed by atoms with Gasteiger partial charge in [0.2, 0.25) is 0 Å². The minimum Gasteiger partial charge on any atom is -0.649 e. The molecule has 0 saturated carbocycles. The SMILES string of the molecule is Cc1cccc2nc(C[N-][C@H]3CCCc4cccnc43)cn12.[CH3-].[Y]. The zero-order valence-electron chi connectivity index (χ0n) is 14.3. The van der Waals surface area contributed by atoms with Gasteiger partial charge in [0.25, 0.3) is 0 Å². The molecule has 123 valence electrons. The Labute approximate surface area is 169 Å². The summed E-state index contributed by atoms with van der Waals surface area (Å²) >= 11 is 0. The van der Waals surface area contributed by atoms with Crippen LogP contribution in [-0.2, 0) is 45.7 Å². The van der Waals surface area contributed by atoms with Crippen molar-refractivity contribution in [1.29, 1.82) is 0 Å². The van der Waals surface area contributed by atoms with Gasteiger partial charge >= 0.3 is 0 Å². The summed E-state index contributed by atoms with van der Waals surface area (Å²) in [6, 6.07) is 10.6. The number of hydrogen-bond donors (Lipinski definition) is 0. The second-order valence-electron chi connectivity index (χ2n) is 5.92. The maximum atomic E-state index is 4.88. The summed E-state index contributed by atoms with van der Waals surface area (Å²) < 4.78 is 2.12. The van der Waals surface area contributed by atoms with Crippen LogP contribution >= 0.6 is 0 Å². The number of aryl methyl sites for hydroxylation is 2. The zero-order chi connectivity index (χ0) is 14.9. The largest absolute Gasteiger partial charge is 0.649 e. The van der Waals surface area contributed by atoms with E-state index in [0.717, 1.165) is 29.9 Å². The van der Waals surface area contributed by atoms with E-state index in [1.807, 2.05) is 24.4 Å². The Kier molecular flexibility index (Phi) is 6.67. The predicted octanol–water partition coefficient (Wildman–Crippen LogP) is 4.44. The molecular weight excluding hydrogens is 373 g/mol. The van der Waals surface area contributed by atoms with Gasteiger partial charge in [-0.1, -0.05) is 31.0 Å². The van der Waals surface area contributed by atoms with Gasteiger partial charge in [-0.25, -0.2) is 4.98 Å². The first-order valence-corrected chi connectivity index (χ1v) is 7.85. The number of nitrogens with zero attached hydrogens (tertiary/aromatic N) is 4. The molecule has 0 fully saturated rings. The van der Waals surface area contributed by atoms with Crippen molar-refractivity contribution in [2.75, 3.05) is 0 Å². The smallest absolute Gasteiger partial charge is 0.137 e. The third-order valence-corrected chi connectivity index (χ3v) is 4.38. The van der Waals surface area contributed by atoms with Gasteiger partial charge in [-0.3, -0.25) is 4.98 Å². The van der Waals surface area contributed by atoms with E-state index in [9.17, 15) is 0 Å². The topological polar surface area (TPSA) is 44.3 Å². The van der Waals surface area contributed by atoms with Crippen LogP contribution < -0.4 is 0 Å². The minimum absolute atomic E-state index is 0. The summed E-state index contributed by atoms with van der Waals surface area (Å²) in [6.45, 7) is 2.75. The van der Waals surface area contributed by atoms with Crippen molar-refractivity contribution in [3.05, 3.63) is 78.1 Å². The van der Waals surface area contributed by atoms with Gasteiger partial charge in [-0.05, 0) is 37.1 Å². The van der Waals surface area contributed by atoms with Crippen molar-refractivity contribution >= 4 is 5.65 Å². The van der Waals surface area contributed by atoms with Crippen LogP contribution in [0.4, 0.5) is 0 Å². The maximum absolute atomic E-state index is 4.88. The molecule has 1 aliphatic rings. The van der Waals surface area contributed by atoms with Gasteiger partial charge in [-0.15, -0.1) is 6.54 Å². The van der Waals surface area contributed by atoms with E-state index in [1.54, 1.807) is 0 Å². The summed E-state index contributed by atoms with van der Waals surface area (Å²) in [5.74, 6) is 0. The number of hydrogen-bond acceptors (Lipinski definition) is 2. The average molecular weight is 395 g/mol. The average Bonchev–Trinajstić information content (AvgIpc) is 2.97. The summed E-state index contributed by atoms with van der Waals surface area (Å²) in [4.78, 5) is 9.21. The van der Waals surface area contributed by atoms with E-state index >= 15 is 0 Å². The van der Waals surface area contributed by atoms with Gasteiger partial charge < -0.3 is 17.1 Å². The molecule has 1 atom stereocenters. The molecule has 0 N–H and O–H groups in total. The van der Waals surface area contributed by atoms with Crippen LogP contribution in [-0.4, -0.2) is 14.4 Å². The number of imidazole rings is 1. The first kappa shape index (κ1) is 19.2. The standard InChI is InChI=1S/C18H19N4.CH3.Y/c1-13-5-2-9-17-21-15(12-22(13)17)11-20-16-8-3-6-14-7-4-10-19-18(14)16;;/h2,4-5,7,9-10,12,16H,3,6,8,11H2,1H3;1H3;/q2*-1;/t16-;;/m0../s1. The molecule has 5 heteroatoms. The third-order valence-electron chi connectivity index (χ3n) is 4.38. The second-order valence-corrected chi connectivity index (χ2v) is 5.92. The van der Waals surface area contributed by atoms with Crippen molar-refractivity contribution in [3.63, 3.8) is 0 Å². The fourth-order valence-electron chi connectivity index (χ4n) is 3.24. The number of pyridine rings is 2. The Balaban J connectivity index is 0.00000104. The molecule has 0 aliphatic heterocycles. The molecule has 3 heterocycles. The number of rotatable bonds is 3. The summed E-state index contributed by atoms with van der Waals surface area (Å²) in [6.07, 6.45) is 7.38. The van der Waals surface area contributed by atoms with Crippen molar-refractivity contribution < 1.29 is 32.7 Å². The monoisotopic (exact) mass is 395 g/mol. The Bertz CT molecular complexity index is 812. The van der Waals surface area contributed by atoms with Gasteiger partial charge in [-0.2, -0.15) is 0 Å². The normalized spacial score (nSPS) is 16.1. The molecule has 0 bridgehead atoms. The molecule has 1 radical (unpaired) electrons. The van der Waals surface area contributed by atoms with Crippen molar-refractivity contribution in [1.82, 2.24) is 14.4 Å². The van der Waals surface area contributed by atoms with E-state index in [2.05, 4.69) is 39.6 Å². The van der Waals surface area contributed by atoms with Crippen LogP contribution in [0.1, 0.15) is 41.5 Å². The van der Waals surface area contributed by atoms with E-state index in [-0.39, 0.29) is 46.2 Å². The Morgan fingerprint density at radius 3 is 2.96 bits per heavy atom. The number of fused-ring (bicyclic) bond motifs is 2. The molecule has 3 aromatic rings. The third kappa shape index (κ3) is 3.76. The van der Waals surface area contributed by atoms with Crippen molar-refractivity contribution in [2.45, 2.75) is 38.8 Å². The van der Waals surface area contributed by atoms with Crippen LogP contribution in [0.3, 0.4) is 0 Å². The fourth-order valence-corrected chi connectivity index (χ4v) is 3.24. The van der Waals surface area contributed by atoms with Gasteiger partial charge in [0.15, 0.2) is 0 Å². The van der Waals surface area contributed by atoms with Crippen LogP contribution in [0.25, 0.3) is 11.0 Å². The molecule has 0 saturated heterocycles. The van der Waals surface area contributed by atoms with E-state index in [4.69, 9.17) is 5.32 Å². The Morgan fingerprint density at radius 2 is 2.12 bits per heavy atom. The quantitative estimate of drug-likeness (QED) is 0.616. The predicted molar refractivity (Wildman–Crippen MR) is 93.3 cm³/mol. The molecular formula is C19H22N4Y-2. The van der Waals surface area contributed by atoms with Crippen molar-refractivity contribution in [3.8, 4) is 0 Å². The molecule has 24 heavy (non-hydrogen) atoms. The molecule has 4 nitrogen and oxygen atoms in total. The molecule has 0 amide bonds. The molecule has 0 aromatic carbocycles. The second kappa shape index (κ2) is 8.33. The molecule has 4 rings (SSSR count). The van der Waals surface area contributed by atoms with Crippen LogP contribution in [0, 0.1) is 14.4 Å². The minimum atomic E-state index is 0. The summed E-state index contributed by atoms with van der Waals surface area (Å²) in [7, 11) is 0. The maximum Gasteiger partial charge on any atom is 0.137 e. The molecule has 0 unspecified atom stereocenters. The van der Waals surface area contributed by atoms with E-state index in [0.29, 0.717) is 6.54 Å². The summed E-state index contributed by atoms with van der Waals surface area (Å²) in [5.41, 5.74) is 5.73. The first-order chi connectivity index (χ1) is 10.8. The van der Waals surface area contributed by atoms with E-state index < -0.39 is 0 Å². The van der Waals surface area contributed by atoms with Crippen LogP contribution in [0.15, 0.2) is 42.7 Å². The van der Waals surface area contributed by atoms with Gasteiger partial charge in [0.1, 0.15) is 5.65 Å². The fraction of sp³-hybridized carbons (Fsp3) is 0.316. The molecule has 0 spiro atoms. The first-order valence-electron chi connectivity index (χ1n) is 7.85.